The van der Waals surface area contributed by atoms with Crippen LogP contribution in [0, 0.1) is 0 Å². The summed E-state index contributed by atoms with van der Waals surface area (Å²) in [4.78, 5) is 23.9. The van der Waals surface area contributed by atoms with Gasteiger partial charge in [0.25, 0.3) is 0 Å². The standard InChI is InChI=1S/C26H24FN5O2.ClH/c1-18(33)30-24-11-9-21(10-12-24)20-5-7-22(8-6-20)23-3-2-4-25(13-23)31-17-29-32(26(31)34)16-19(14-27)15-28;/h2-14,17H,15-16,28H2,1H3,(H,30,33);1H/b19-14+;. The van der Waals surface area contributed by atoms with Gasteiger partial charge >= 0.3 is 5.69 Å². The van der Waals surface area contributed by atoms with E-state index >= 15 is 0 Å². The van der Waals surface area contributed by atoms with Crippen molar-refractivity contribution in [2.45, 2.75) is 13.5 Å². The molecule has 1 heterocycles. The molecule has 4 aromatic rings. The molecule has 9 heteroatoms. The van der Waals surface area contributed by atoms with E-state index in [0.717, 1.165) is 27.9 Å². The summed E-state index contributed by atoms with van der Waals surface area (Å²) in [6, 6.07) is 23.3. The Balaban J connectivity index is 0.00000342. The van der Waals surface area contributed by atoms with Gasteiger partial charge in [-0.1, -0.05) is 48.5 Å². The fourth-order valence-electron chi connectivity index (χ4n) is 3.60. The van der Waals surface area contributed by atoms with Crippen molar-refractivity contribution in [3.8, 4) is 27.9 Å². The lowest BCUT2D eigenvalue weighted by Crippen LogP contribution is -2.25. The number of nitrogens with two attached hydrogens (primary N) is 1. The van der Waals surface area contributed by atoms with Crippen LogP contribution >= 0.6 is 12.4 Å². The molecule has 4 rings (SSSR count). The van der Waals surface area contributed by atoms with Gasteiger partial charge in [-0.15, -0.1) is 12.4 Å². The number of nitrogens with one attached hydrogen (secondary N) is 1. The van der Waals surface area contributed by atoms with Crippen molar-refractivity contribution in [3.63, 3.8) is 0 Å². The number of carbonyl (C=O) groups is 1. The van der Waals surface area contributed by atoms with Crippen molar-refractivity contribution < 1.29 is 9.18 Å². The minimum absolute atomic E-state index is 0. The predicted octanol–water partition coefficient (Wildman–Crippen LogP) is 4.56. The van der Waals surface area contributed by atoms with E-state index in [1.54, 1.807) is 0 Å². The highest BCUT2D eigenvalue weighted by Crippen LogP contribution is 2.27. The van der Waals surface area contributed by atoms with Crippen LogP contribution in [-0.2, 0) is 11.3 Å². The SMILES string of the molecule is CC(=O)Nc1ccc(-c2ccc(-c3cccc(-n4cnn(C/C(=C/F)CN)c4=O)c3)cc2)cc1.Cl. The van der Waals surface area contributed by atoms with Gasteiger partial charge in [0.15, 0.2) is 0 Å². The smallest absolute Gasteiger partial charge is 0.327 e. The first kappa shape index (κ1) is 25.6. The Bertz CT molecular complexity index is 1390. The fraction of sp³-hybridized carbons (Fsp3) is 0.115. The highest BCUT2D eigenvalue weighted by Gasteiger charge is 2.10. The number of benzene rings is 3. The van der Waals surface area contributed by atoms with Gasteiger partial charge in [-0.05, 0) is 52.1 Å². The molecule has 0 aliphatic heterocycles. The zero-order chi connectivity index (χ0) is 24.1. The van der Waals surface area contributed by atoms with Crippen LogP contribution in [0.4, 0.5) is 10.1 Å². The Labute approximate surface area is 208 Å². The average Bonchev–Trinajstić information content (AvgIpc) is 3.22. The third-order valence-corrected chi connectivity index (χ3v) is 5.38. The molecule has 0 aliphatic carbocycles. The van der Waals surface area contributed by atoms with Crippen molar-refractivity contribution in [1.82, 2.24) is 14.3 Å². The van der Waals surface area contributed by atoms with E-state index in [1.807, 2.05) is 72.8 Å². The molecule has 0 bridgehead atoms. The van der Waals surface area contributed by atoms with Crippen LogP contribution in [0.25, 0.3) is 27.9 Å². The van der Waals surface area contributed by atoms with E-state index < -0.39 is 0 Å². The Morgan fingerprint density at radius 1 is 1.00 bits per heavy atom. The van der Waals surface area contributed by atoms with Gasteiger partial charge in [-0.2, -0.15) is 5.10 Å². The lowest BCUT2D eigenvalue weighted by Gasteiger charge is -2.08. The molecule has 0 unspecified atom stereocenters. The summed E-state index contributed by atoms with van der Waals surface area (Å²) >= 11 is 0. The largest absolute Gasteiger partial charge is 0.350 e. The van der Waals surface area contributed by atoms with Crippen molar-refractivity contribution in [2.24, 2.45) is 5.73 Å². The molecule has 180 valence electrons. The maximum absolute atomic E-state index is 12.8. The molecule has 35 heavy (non-hydrogen) atoms. The van der Waals surface area contributed by atoms with Gasteiger partial charge in [0, 0.05) is 19.2 Å². The Morgan fingerprint density at radius 3 is 2.17 bits per heavy atom. The molecule has 3 aromatic carbocycles. The quantitative estimate of drug-likeness (QED) is 0.394. The van der Waals surface area contributed by atoms with E-state index in [2.05, 4.69) is 10.4 Å². The highest BCUT2D eigenvalue weighted by atomic mass is 35.5. The highest BCUT2D eigenvalue weighted by molar-refractivity contribution is 5.89. The van der Waals surface area contributed by atoms with Crippen LogP contribution in [0.1, 0.15) is 6.92 Å². The van der Waals surface area contributed by atoms with Crippen LogP contribution in [0.5, 0.6) is 0 Å². The molecule has 0 aliphatic rings. The van der Waals surface area contributed by atoms with Gasteiger partial charge in [-0.3, -0.25) is 4.79 Å². The van der Waals surface area contributed by atoms with Gasteiger partial charge in [0.1, 0.15) is 6.33 Å². The summed E-state index contributed by atoms with van der Waals surface area (Å²) < 4.78 is 15.4. The number of halogens is 2. The minimum Gasteiger partial charge on any atom is -0.327 e. The summed E-state index contributed by atoms with van der Waals surface area (Å²) in [6.45, 7) is 1.50. The molecule has 0 spiro atoms. The van der Waals surface area contributed by atoms with Gasteiger partial charge in [0.2, 0.25) is 5.91 Å². The molecule has 0 saturated heterocycles. The van der Waals surface area contributed by atoms with Gasteiger partial charge in [-0.25, -0.2) is 18.4 Å². The minimum atomic E-state index is -0.372. The molecular formula is C26H25ClFN5O2. The third kappa shape index (κ3) is 5.92. The molecule has 1 amide bonds. The van der Waals surface area contributed by atoms with Gasteiger partial charge in [0.05, 0.1) is 18.6 Å². The number of hydrogen-bond acceptors (Lipinski definition) is 4. The van der Waals surface area contributed by atoms with Crippen LogP contribution in [0.3, 0.4) is 0 Å². The lowest BCUT2D eigenvalue weighted by molar-refractivity contribution is -0.114. The van der Waals surface area contributed by atoms with E-state index in [1.165, 1.54) is 22.5 Å². The third-order valence-electron chi connectivity index (χ3n) is 5.38. The number of nitrogens with zero attached hydrogens (tertiary/aromatic N) is 3. The number of hydrogen-bond donors (Lipinski definition) is 2. The van der Waals surface area contributed by atoms with Crippen LogP contribution < -0.4 is 16.7 Å². The van der Waals surface area contributed by atoms with E-state index in [0.29, 0.717) is 12.0 Å². The second-order valence-corrected chi connectivity index (χ2v) is 7.80. The number of rotatable bonds is 7. The molecule has 3 N–H and O–H groups in total. The summed E-state index contributed by atoms with van der Waals surface area (Å²) in [7, 11) is 0. The normalized spacial score (nSPS) is 11.1. The second kappa shape index (κ2) is 11.4. The van der Waals surface area contributed by atoms with Crippen LogP contribution in [-0.4, -0.2) is 26.8 Å². The monoisotopic (exact) mass is 493 g/mol. The second-order valence-electron chi connectivity index (χ2n) is 7.80. The van der Waals surface area contributed by atoms with Crippen molar-refractivity contribution in [3.05, 3.63) is 102 Å². The Hall–Kier alpha value is -4.01. The Kier molecular flexibility index (Phi) is 8.35. The summed E-state index contributed by atoms with van der Waals surface area (Å²) in [6.07, 6.45) is 1.83. The maximum Gasteiger partial charge on any atom is 0.350 e. The molecule has 0 radical (unpaired) electrons. The van der Waals surface area contributed by atoms with Crippen molar-refractivity contribution >= 4 is 24.0 Å². The van der Waals surface area contributed by atoms with Crippen molar-refractivity contribution in [1.29, 1.82) is 0 Å². The molecule has 7 nitrogen and oxygen atoms in total. The predicted molar refractivity (Wildman–Crippen MR) is 138 cm³/mol. The zero-order valence-electron chi connectivity index (χ0n) is 19.0. The first-order chi connectivity index (χ1) is 16.5. The topological polar surface area (TPSA) is 94.9 Å². The van der Waals surface area contributed by atoms with Crippen LogP contribution in [0.15, 0.2) is 95.8 Å². The van der Waals surface area contributed by atoms with E-state index in [4.69, 9.17) is 5.73 Å². The molecule has 0 fully saturated rings. The zero-order valence-corrected chi connectivity index (χ0v) is 19.8. The lowest BCUT2D eigenvalue weighted by atomic mass is 10.00. The number of carbonyl (C=O) groups excluding carboxylic acids is 1. The van der Waals surface area contributed by atoms with Crippen molar-refractivity contribution in [2.75, 3.05) is 11.9 Å². The fourth-order valence-corrected chi connectivity index (χ4v) is 3.60. The molecule has 1 aromatic heterocycles. The van der Waals surface area contributed by atoms with Crippen LogP contribution in [0.2, 0.25) is 0 Å². The van der Waals surface area contributed by atoms with E-state index in [9.17, 15) is 14.0 Å². The molecule has 0 saturated carbocycles. The molecule has 0 atom stereocenters. The first-order valence-corrected chi connectivity index (χ1v) is 10.7. The van der Waals surface area contributed by atoms with E-state index in [-0.39, 0.29) is 42.7 Å². The molecular weight excluding hydrogens is 469 g/mol. The Morgan fingerprint density at radius 2 is 1.60 bits per heavy atom. The van der Waals surface area contributed by atoms with Gasteiger partial charge < -0.3 is 11.1 Å². The number of aromatic nitrogens is 3. The first-order valence-electron chi connectivity index (χ1n) is 10.7. The summed E-state index contributed by atoms with van der Waals surface area (Å²) in [5, 5.41) is 6.84. The summed E-state index contributed by atoms with van der Waals surface area (Å²) in [5.41, 5.74) is 10.8. The number of amides is 1. The summed E-state index contributed by atoms with van der Waals surface area (Å²) in [5.74, 6) is -0.106. The maximum atomic E-state index is 12.8. The average molecular weight is 494 g/mol. The number of anilines is 1.